The first-order chi connectivity index (χ1) is 16.4. The number of phenolic OH excluding ortho intramolecular Hbond substituents is 1. The third-order valence-electron chi connectivity index (χ3n) is 5.31. The number of carbonyl (C=O) groups excluding carboxylic acids is 2. The number of benzene rings is 2. The van der Waals surface area contributed by atoms with Crippen molar-refractivity contribution in [1.29, 1.82) is 0 Å². The van der Waals surface area contributed by atoms with Crippen LogP contribution in [-0.2, 0) is 11.3 Å². The number of nitrogens with zero attached hydrogens (tertiary/aromatic N) is 2. The second kappa shape index (κ2) is 9.49. The van der Waals surface area contributed by atoms with Crippen molar-refractivity contribution < 1.29 is 24.5 Å². The first-order valence-corrected chi connectivity index (χ1v) is 10.4. The van der Waals surface area contributed by atoms with Crippen molar-refractivity contribution >= 4 is 35.0 Å². The van der Waals surface area contributed by atoms with E-state index in [1.165, 1.54) is 24.3 Å². The summed E-state index contributed by atoms with van der Waals surface area (Å²) in [7, 11) is 1.46. The number of aromatic hydroxyl groups is 2. The highest BCUT2D eigenvalue weighted by Crippen LogP contribution is 2.27. The molecule has 1 aromatic heterocycles. The molecule has 0 radical (unpaired) electrons. The van der Waals surface area contributed by atoms with Gasteiger partial charge in [0.05, 0.1) is 19.2 Å². The van der Waals surface area contributed by atoms with E-state index in [0.717, 1.165) is 11.1 Å². The van der Waals surface area contributed by atoms with E-state index >= 15 is 0 Å². The molecule has 0 aliphatic carbocycles. The van der Waals surface area contributed by atoms with Gasteiger partial charge in [-0.2, -0.15) is 0 Å². The van der Waals surface area contributed by atoms with Crippen molar-refractivity contribution in [2.24, 2.45) is 4.99 Å². The highest BCUT2D eigenvalue weighted by molar-refractivity contribution is 6.02. The molecule has 10 heteroatoms. The van der Waals surface area contributed by atoms with Gasteiger partial charge in [-0.3, -0.25) is 24.9 Å². The Labute approximate surface area is 193 Å². The van der Waals surface area contributed by atoms with Gasteiger partial charge in [-0.15, -0.1) is 0 Å². The molecule has 3 amide bonds. The zero-order valence-corrected chi connectivity index (χ0v) is 18.2. The standard InChI is InChI=1S/C24H22N4O6/c1-34-20-7-5-15(10-19(20)29)11-25-12-18-17-9-14(4-6-16(17)22(31)27-23(18)32)3-2-8-28-13-21(30)26-24(28)33/h2-7,9-10,12,29H,8,11,13H2,1H3,(H,26,30,33)(H2,27,31,32). The SMILES string of the molecule is COc1ccc(CN=Cc2c(O)[nH]c(=O)c3ccc(C=CCN4CC(=O)NC4=O)cc23)cc1O. The number of carbonyl (C=O) groups is 2. The number of aliphatic imine (C=N–C) groups is 1. The summed E-state index contributed by atoms with van der Waals surface area (Å²) in [6.45, 7) is 0.490. The number of urea groups is 1. The predicted molar refractivity (Wildman–Crippen MR) is 126 cm³/mol. The number of hydrogen-bond donors (Lipinski definition) is 4. The van der Waals surface area contributed by atoms with Crippen LogP contribution in [0.2, 0.25) is 0 Å². The summed E-state index contributed by atoms with van der Waals surface area (Å²) in [5, 5.41) is 23.4. The quantitative estimate of drug-likeness (QED) is 0.313. The van der Waals surface area contributed by atoms with Gasteiger partial charge in [0.2, 0.25) is 11.8 Å². The number of pyridine rings is 1. The van der Waals surface area contributed by atoms with Gasteiger partial charge >= 0.3 is 6.03 Å². The zero-order chi connectivity index (χ0) is 24.2. The van der Waals surface area contributed by atoms with Gasteiger partial charge in [0.25, 0.3) is 5.56 Å². The second-order valence-corrected chi connectivity index (χ2v) is 7.63. The smallest absolute Gasteiger partial charge is 0.324 e. The lowest BCUT2D eigenvalue weighted by molar-refractivity contribution is -0.118. The summed E-state index contributed by atoms with van der Waals surface area (Å²) in [6.07, 6.45) is 4.95. The Morgan fingerprint density at radius 1 is 1.12 bits per heavy atom. The van der Waals surface area contributed by atoms with Crippen LogP contribution >= 0.6 is 0 Å². The van der Waals surface area contributed by atoms with Crippen LogP contribution in [0.3, 0.4) is 0 Å². The molecule has 174 valence electrons. The molecule has 0 spiro atoms. The lowest BCUT2D eigenvalue weighted by Crippen LogP contribution is -2.28. The molecule has 1 fully saturated rings. The van der Waals surface area contributed by atoms with Crippen molar-refractivity contribution in [2.75, 3.05) is 20.2 Å². The number of ether oxygens (including phenoxy) is 1. The topological polar surface area (TPSA) is 144 Å². The van der Waals surface area contributed by atoms with Gasteiger partial charge < -0.3 is 19.8 Å². The van der Waals surface area contributed by atoms with Gasteiger partial charge in [0, 0.05) is 23.5 Å². The summed E-state index contributed by atoms with van der Waals surface area (Å²) in [6, 6.07) is 9.60. The average Bonchev–Trinajstić information content (AvgIpc) is 3.12. The van der Waals surface area contributed by atoms with Crippen molar-refractivity contribution in [3.63, 3.8) is 0 Å². The summed E-state index contributed by atoms with van der Waals surface area (Å²) >= 11 is 0. The molecule has 0 bridgehead atoms. The highest BCUT2D eigenvalue weighted by atomic mass is 16.5. The van der Waals surface area contributed by atoms with E-state index in [0.29, 0.717) is 22.1 Å². The van der Waals surface area contributed by atoms with Crippen molar-refractivity contribution in [3.8, 4) is 17.4 Å². The zero-order valence-electron chi connectivity index (χ0n) is 18.2. The van der Waals surface area contributed by atoms with Gasteiger partial charge in [0.1, 0.15) is 6.54 Å². The lowest BCUT2D eigenvalue weighted by atomic mass is 10.0. The van der Waals surface area contributed by atoms with Gasteiger partial charge in [-0.05, 0) is 35.4 Å². The number of aromatic amines is 1. The number of nitrogens with one attached hydrogen (secondary N) is 2. The Kier molecular flexibility index (Phi) is 6.30. The van der Waals surface area contributed by atoms with E-state index in [1.807, 2.05) is 0 Å². The molecule has 0 unspecified atom stereocenters. The van der Waals surface area contributed by atoms with Crippen molar-refractivity contribution in [2.45, 2.75) is 6.54 Å². The van der Waals surface area contributed by atoms with E-state index in [2.05, 4.69) is 15.3 Å². The monoisotopic (exact) mass is 462 g/mol. The van der Waals surface area contributed by atoms with Crippen LogP contribution in [0.25, 0.3) is 16.8 Å². The third-order valence-corrected chi connectivity index (χ3v) is 5.31. The summed E-state index contributed by atoms with van der Waals surface area (Å²) < 4.78 is 5.03. The molecule has 10 nitrogen and oxygen atoms in total. The molecule has 34 heavy (non-hydrogen) atoms. The highest BCUT2D eigenvalue weighted by Gasteiger charge is 2.25. The molecule has 4 rings (SSSR count). The van der Waals surface area contributed by atoms with E-state index in [4.69, 9.17) is 4.74 Å². The first-order valence-electron chi connectivity index (χ1n) is 10.4. The van der Waals surface area contributed by atoms with Gasteiger partial charge in [0.15, 0.2) is 11.5 Å². The number of aromatic nitrogens is 1. The summed E-state index contributed by atoms with van der Waals surface area (Å²) in [5.41, 5.74) is 1.37. The Balaban J connectivity index is 1.58. The molecule has 2 heterocycles. The number of amides is 3. The van der Waals surface area contributed by atoms with Crippen LogP contribution in [0.1, 0.15) is 16.7 Å². The lowest BCUT2D eigenvalue weighted by Gasteiger charge is -2.09. The van der Waals surface area contributed by atoms with Crippen molar-refractivity contribution in [1.82, 2.24) is 15.2 Å². The van der Waals surface area contributed by atoms with E-state index in [9.17, 15) is 24.6 Å². The third kappa shape index (κ3) is 4.75. The Morgan fingerprint density at radius 3 is 2.65 bits per heavy atom. The molecular formula is C24H22N4O6. The maximum atomic E-state index is 12.3. The molecule has 1 aliphatic heterocycles. The number of imide groups is 1. The van der Waals surface area contributed by atoms with E-state index in [1.54, 1.807) is 42.5 Å². The molecule has 2 aromatic carbocycles. The maximum absolute atomic E-state index is 12.3. The molecular weight excluding hydrogens is 440 g/mol. The van der Waals surface area contributed by atoms with Gasteiger partial charge in [-0.25, -0.2) is 4.79 Å². The molecule has 1 aliphatic rings. The Bertz CT molecular complexity index is 1390. The van der Waals surface area contributed by atoms with Crippen LogP contribution in [-0.4, -0.2) is 58.4 Å². The second-order valence-electron chi connectivity index (χ2n) is 7.63. The summed E-state index contributed by atoms with van der Waals surface area (Å²) in [4.78, 5) is 43.4. The fraction of sp³-hybridized carbons (Fsp3) is 0.167. The van der Waals surface area contributed by atoms with Crippen LogP contribution in [0.4, 0.5) is 4.79 Å². The normalized spacial score (nSPS) is 14.0. The van der Waals surface area contributed by atoms with E-state index in [-0.39, 0.29) is 37.2 Å². The molecule has 1 saturated heterocycles. The molecule has 4 N–H and O–H groups in total. The molecule has 0 saturated carbocycles. The fourth-order valence-electron chi connectivity index (χ4n) is 3.61. The van der Waals surface area contributed by atoms with Crippen LogP contribution in [0.15, 0.2) is 52.3 Å². The average molecular weight is 462 g/mol. The number of methoxy groups -OCH3 is 1. The van der Waals surface area contributed by atoms with Crippen LogP contribution < -0.4 is 15.6 Å². The number of rotatable bonds is 7. The van der Waals surface area contributed by atoms with Crippen molar-refractivity contribution in [3.05, 3.63) is 69.5 Å². The minimum absolute atomic E-state index is 0.000236. The molecule has 0 atom stereocenters. The fourth-order valence-corrected chi connectivity index (χ4v) is 3.61. The first kappa shape index (κ1) is 22.6. The summed E-state index contributed by atoms with van der Waals surface area (Å²) in [5.74, 6) is -0.297. The number of hydrogen-bond acceptors (Lipinski definition) is 7. The van der Waals surface area contributed by atoms with Gasteiger partial charge in [-0.1, -0.05) is 24.3 Å². The van der Waals surface area contributed by atoms with E-state index < -0.39 is 11.6 Å². The van der Waals surface area contributed by atoms with Crippen LogP contribution in [0.5, 0.6) is 17.4 Å². The largest absolute Gasteiger partial charge is 0.504 e. The Hall–Kier alpha value is -4.60. The number of fused-ring (bicyclic) bond motifs is 1. The number of phenols is 1. The maximum Gasteiger partial charge on any atom is 0.324 e. The Morgan fingerprint density at radius 2 is 1.94 bits per heavy atom. The van der Waals surface area contributed by atoms with Crippen LogP contribution in [0, 0.1) is 0 Å². The number of H-pyrrole nitrogens is 1. The minimum Gasteiger partial charge on any atom is -0.504 e. The predicted octanol–water partition coefficient (Wildman–Crippen LogP) is 2.13. The molecule has 3 aromatic rings. The minimum atomic E-state index is -0.437.